The van der Waals surface area contributed by atoms with E-state index >= 15 is 0 Å². The lowest BCUT2D eigenvalue weighted by Gasteiger charge is -2.28. The largest absolute Gasteiger partial charge is 0.530 e. The van der Waals surface area contributed by atoms with Crippen molar-refractivity contribution >= 4 is 8.80 Å². The lowest BCUT2D eigenvalue weighted by Crippen LogP contribution is -2.54. The topological polar surface area (TPSA) is 47.9 Å². The van der Waals surface area contributed by atoms with Gasteiger partial charge in [0.05, 0.1) is 0 Å². The molecule has 0 aromatic carbocycles. The monoisotopic (exact) mass is 194 g/mol. The minimum atomic E-state index is -2.79. The molecule has 0 amide bonds. The molecule has 0 aliphatic rings. The van der Waals surface area contributed by atoms with Crippen LogP contribution in [0.3, 0.4) is 0 Å². The summed E-state index contributed by atoms with van der Waals surface area (Å²) in [5.74, 6) is 0. The van der Waals surface area contributed by atoms with E-state index in [-0.39, 0.29) is 0 Å². The van der Waals surface area contributed by atoms with Gasteiger partial charge in [0.2, 0.25) is 0 Å². The lowest BCUT2D eigenvalue weighted by atomic mass is 10.4. The second kappa shape index (κ2) is 5.66. The van der Waals surface area contributed by atoms with E-state index in [4.69, 9.17) is 13.3 Å². The zero-order valence-corrected chi connectivity index (χ0v) is 9.16. The summed E-state index contributed by atoms with van der Waals surface area (Å²) in [6, 6.07) is 0. The molecule has 0 aromatic rings. The fourth-order valence-corrected chi connectivity index (χ4v) is 3.07. The number of aliphatic hydroxyl groups excluding tert-OH is 1. The molecule has 0 aliphatic carbocycles. The zero-order valence-electron chi connectivity index (χ0n) is 8.16. The van der Waals surface area contributed by atoms with Gasteiger partial charge in [-0.2, -0.15) is 0 Å². The van der Waals surface area contributed by atoms with Gasteiger partial charge in [0, 0.05) is 21.3 Å². The van der Waals surface area contributed by atoms with Crippen molar-refractivity contribution in [3.05, 3.63) is 0 Å². The first-order valence-corrected chi connectivity index (χ1v) is 5.80. The average Bonchev–Trinajstić information content (AvgIpc) is 2.09. The summed E-state index contributed by atoms with van der Waals surface area (Å²) in [5.41, 5.74) is -0.623. The van der Waals surface area contributed by atoms with Crippen molar-refractivity contribution < 1.29 is 18.4 Å². The van der Waals surface area contributed by atoms with Crippen molar-refractivity contribution in [2.45, 2.75) is 25.5 Å². The molecule has 0 saturated heterocycles. The van der Waals surface area contributed by atoms with Gasteiger partial charge in [-0.15, -0.1) is 0 Å². The highest BCUT2D eigenvalue weighted by molar-refractivity contribution is 6.61. The fraction of sp³-hybridized carbons (Fsp3) is 1.00. The van der Waals surface area contributed by atoms with Crippen LogP contribution in [0.15, 0.2) is 0 Å². The molecule has 74 valence electrons. The Bertz CT molecular complexity index is 108. The van der Waals surface area contributed by atoms with Crippen LogP contribution < -0.4 is 0 Å². The van der Waals surface area contributed by atoms with Crippen molar-refractivity contribution in [1.82, 2.24) is 0 Å². The predicted octanol–water partition coefficient (Wildman–Crippen LogP) is 0.565. The van der Waals surface area contributed by atoms with Gasteiger partial charge in [-0.3, -0.25) is 0 Å². The minimum absolute atomic E-state index is 0.623. The van der Waals surface area contributed by atoms with Crippen LogP contribution in [0.1, 0.15) is 19.8 Å². The van der Waals surface area contributed by atoms with Crippen molar-refractivity contribution in [3.63, 3.8) is 0 Å². The van der Waals surface area contributed by atoms with Crippen LogP contribution in [-0.2, 0) is 13.3 Å². The molecule has 0 spiro atoms. The van der Waals surface area contributed by atoms with E-state index in [9.17, 15) is 5.11 Å². The highest BCUT2D eigenvalue weighted by Crippen LogP contribution is 2.15. The molecule has 0 heterocycles. The van der Waals surface area contributed by atoms with Crippen molar-refractivity contribution in [2.75, 3.05) is 21.3 Å². The van der Waals surface area contributed by atoms with Gasteiger partial charge in [-0.05, 0) is 6.42 Å². The van der Waals surface area contributed by atoms with Crippen molar-refractivity contribution in [1.29, 1.82) is 0 Å². The quantitative estimate of drug-likeness (QED) is 0.628. The molecule has 1 unspecified atom stereocenters. The van der Waals surface area contributed by atoms with E-state index in [0.29, 0.717) is 6.42 Å². The van der Waals surface area contributed by atoms with Gasteiger partial charge in [-0.1, -0.05) is 13.3 Å². The molecule has 0 aliphatic heterocycles. The zero-order chi connectivity index (χ0) is 9.61. The molecule has 1 N–H and O–H groups in total. The van der Waals surface area contributed by atoms with Crippen molar-refractivity contribution in [3.8, 4) is 0 Å². The molecule has 0 radical (unpaired) electrons. The maximum atomic E-state index is 9.65. The Kier molecular flexibility index (Phi) is 5.69. The van der Waals surface area contributed by atoms with Crippen molar-refractivity contribution in [2.24, 2.45) is 0 Å². The average molecular weight is 194 g/mol. The van der Waals surface area contributed by atoms with Crippen LogP contribution in [0, 0.1) is 0 Å². The van der Waals surface area contributed by atoms with Crippen LogP contribution >= 0.6 is 0 Å². The molecule has 0 aromatic heterocycles. The summed E-state index contributed by atoms with van der Waals surface area (Å²) in [6.45, 7) is 1.99. The van der Waals surface area contributed by atoms with Gasteiger partial charge in [0.15, 0.2) is 0 Å². The van der Waals surface area contributed by atoms with Gasteiger partial charge < -0.3 is 18.4 Å². The highest BCUT2D eigenvalue weighted by Gasteiger charge is 2.46. The highest BCUT2D eigenvalue weighted by atomic mass is 28.4. The summed E-state index contributed by atoms with van der Waals surface area (Å²) in [7, 11) is 1.71. The smallest absolute Gasteiger partial charge is 0.389 e. The number of hydrogen-bond acceptors (Lipinski definition) is 4. The van der Waals surface area contributed by atoms with E-state index in [0.717, 1.165) is 6.42 Å². The second-order valence-corrected chi connectivity index (χ2v) is 5.62. The molecule has 4 nitrogen and oxygen atoms in total. The Morgan fingerprint density at radius 1 is 1.17 bits per heavy atom. The number of aliphatic hydroxyl groups is 1. The fourth-order valence-electron chi connectivity index (χ4n) is 1.11. The summed E-state index contributed by atoms with van der Waals surface area (Å²) < 4.78 is 15.3. The van der Waals surface area contributed by atoms with E-state index < -0.39 is 14.5 Å². The molecule has 0 bridgehead atoms. The molecule has 0 saturated carbocycles. The van der Waals surface area contributed by atoms with Crippen LogP contribution in [0.2, 0.25) is 0 Å². The normalized spacial score (nSPS) is 14.8. The Morgan fingerprint density at radius 2 is 1.58 bits per heavy atom. The predicted molar refractivity (Wildman–Crippen MR) is 47.7 cm³/mol. The van der Waals surface area contributed by atoms with E-state index in [1.165, 1.54) is 21.3 Å². The van der Waals surface area contributed by atoms with Crippen LogP contribution in [0.4, 0.5) is 0 Å². The summed E-state index contributed by atoms with van der Waals surface area (Å²) >= 11 is 0. The van der Waals surface area contributed by atoms with E-state index in [1.54, 1.807) is 0 Å². The summed E-state index contributed by atoms with van der Waals surface area (Å²) in [5, 5.41) is 9.65. The Balaban J connectivity index is 4.24. The number of rotatable bonds is 6. The molecule has 1 atom stereocenters. The van der Waals surface area contributed by atoms with Crippen LogP contribution in [-0.4, -0.2) is 41.0 Å². The molecule has 5 heteroatoms. The molecule has 0 fully saturated rings. The Labute approximate surface area is 74.8 Å². The first kappa shape index (κ1) is 12.1. The minimum Gasteiger partial charge on any atom is -0.389 e. The third-order valence-electron chi connectivity index (χ3n) is 1.82. The van der Waals surface area contributed by atoms with Gasteiger partial charge in [0.25, 0.3) is 0 Å². The first-order valence-electron chi connectivity index (χ1n) is 4.00. The van der Waals surface area contributed by atoms with Gasteiger partial charge in [0.1, 0.15) is 5.73 Å². The van der Waals surface area contributed by atoms with Gasteiger partial charge >= 0.3 is 8.80 Å². The first-order chi connectivity index (χ1) is 5.66. The third kappa shape index (κ3) is 2.53. The maximum Gasteiger partial charge on any atom is 0.530 e. The summed E-state index contributed by atoms with van der Waals surface area (Å²) in [6.07, 6.45) is 1.52. The summed E-state index contributed by atoms with van der Waals surface area (Å²) in [4.78, 5) is 0. The third-order valence-corrected chi connectivity index (χ3v) is 4.64. The van der Waals surface area contributed by atoms with Crippen LogP contribution in [0.5, 0.6) is 0 Å². The molecular formula is C7H18O4Si. The van der Waals surface area contributed by atoms with E-state index in [1.807, 2.05) is 6.92 Å². The van der Waals surface area contributed by atoms with E-state index in [2.05, 4.69) is 0 Å². The molecule has 0 rings (SSSR count). The standard InChI is InChI=1S/C7H18O4Si/c1-5-6-7(8)12(9-2,10-3)11-4/h7-8H,5-6H2,1-4H3. The second-order valence-electron chi connectivity index (χ2n) is 2.52. The van der Waals surface area contributed by atoms with Crippen LogP contribution in [0.25, 0.3) is 0 Å². The lowest BCUT2D eigenvalue weighted by molar-refractivity contribution is 0.0552. The maximum absolute atomic E-state index is 9.65. The molecular weight excluding hydrogens is 176 g/mol. The molecule has 12 heavy (non-hydrogen) atoms. The Hall–Kier alpha value is 0.0569. The number of hydrogen-bond donors (Lipinski definition) is 1. The van der Waals surface area contributed by atoms with Gasteiger partial charge in [-0.25, -0.2) is 0 Å². The Morgan fingerprint density at radius 3 is 1.83 bits per heavy atom. The SMILES string of the molecule is CCCC(O)[Si](OC)(OC)OC.